The van der Waals surface area contributed by atoms with Crippen molar-refractivity contribution >= 4 is 64.6 Å². The van der Waals surface area contributed by atoms with Gasteiger partial charge in [-0.05, 0) is 43.9 Å². The summed E-state index contributed by atoms with van der Waals surface area (Å²) in [4.78, 5) is 10.2. The van der Waals surface area contributed by atoms with Gasteiger partial charge >= 0.3 is 60.6 Å². The van der Waals surface area contributed by atoms with Crippen molar-refractivity contribution in [2.24, 2.45) is 28.1 Å². The second-order valence-corrected chi connectivity index (χ2v) is 24.6. The molecule has 3 aliphatic rings. The Balaban J connectivity index is -0.000000329. The molecule has 0 heterocycles. The number of hydrogen-bond acceptors (Lipinski definition) is 7. The molecule has 176 valence electrons. The normalized spacial score (nSPS) is 26.8. The molecule has 0 aromatic rings. The number of Topliss-reactive ketones (excluding diaryl/α,β-unsaturated/α-hetero) is 1. The van der Waals surface area contributed by atoms with E-state index in [4.69, 9.17) is 5.21 Å². The summed E-state index contributed by atoms with van der Waals surface area (Å²) in [6, 6.07) is 0. The zero-order valence-corrected chi connectivity index (χ0v) is 23.3. The second kappa shape index (κ2) is 18.3. The summed E-state index contributed by atoms with van der Waals surface area (Å²) in [5.74, 6) is 1.77. The monoisotopic (exact) mass is 773 g/mol. The topological polar surface area (TPSA) is 105 Å². The molecule has 0 amide bonds. The van der Waals surface area contributed by atoms with E-state index in [1.54, 1.807) is 0 Å². The first-order chi connectivity index (χ1) is 12.6. The zero-order valence-electron chi connectivity index (χ0n) is 16.0. The van der Waals surface area contributed by atoms with E-state index < -0.39 is 10.1 Å². The number of halogens is 3. The summed E-state index contributed by atoms with van der Waals surface area (Å²) in [6.45, 7) is 6.04. The fourth-order valence-corrected chi connectivity index (χ4v) is 2.31. The standard InChI is InChI=1S/C6H11NO3S.C5H9NO.C5H8O.2CH4.I3/c1-5-3-4-6(5)7-10-11(2,8)9;1-4-2-3-5(4)6-7;1-4-2-3-5(4)6;;;1-3-2/h5H,3-4H2,1-2H3;4,7H,2-3H2,1H3;4H,2-3H2,1H3;2*1H4;/q;;;;;-1/b7-6+;6-5+;;;;. The molecule has 11 heteroatoms. The first kappa shape index (κ1) is 34.4. The number of carbonyl (C=O) groups is 1. The molecule has 3 atom stereocenters. The van der Waals surface area contributed by atoms with Gasteiger partial charge in [-0.1, -0.05) is 45.9 Å². The van der Waals surface area contributed by atoms with Crippen molar-refractivity contribution in [2.45, 2.75) is 74.1 Å². The van der Waals surface area contributed by atoms with Crippen LogP contribution in [0, 0.1) is 17.8 Å². The van der Waals surface area contributed by atoms with Gasteiger partial charge in [0.1, 0.15) is 5.78 Å². The summed E-state index contributed by atoms with van der Waals surface area (Å²) < 4.78 is 25.2. The molecule has 3 aliphatic carbocycles. The van der Waals surface area contributed by atoms with Crippen molar-refractivity contribution in [2.75, 3.05) is 6.26 Å². The molecule has 0 spiro atoms. The molecule has 0 aromatic carbocycles. The van der Waals surface area contributed by atoms with Crippen LogP contribution in [0.1, 0.15) is 74.1 Å². The Bertz CT molecular complexity index is 627. The van der Waals surface area contributed by atoms with E-state index in [-0.39, 0.29) is 14.9 Å². The molecule has 7 nitrogen and oxygen atoms in total. The summed E-state index contributed by atoms with van der Waals surface area (Å²) in [6.07, 6.45) is 7.07. The van der Waals surface area contributed by atoms with Gasteiger partial charge in [0.05, 0.1) is 17.7 Å². The van der Waals surface area contributed by atoms with Gasteiger partial charge in [-0.3, -0.25) is 9.08 Å². The Morgan fingerprint density at radius 3 is 1.45 bits per heavy atom. The van der Waals surface area contributed by atoms with Gasteiger partial charge in [0.2, 0.25) is 0 Å². The quantitative estimate of drug-likeness (QED) is 0.264. The fourth-order valence-electron chi connectivity index (χ4n) is 2.07. The molecule has 3 rings (SSSR count). The Morgan fingerprint density at radius 2 is 1.34 bits per heavy atom. The van der Waals surface area contributed by atoms with Crippen molar-refractivity contribution in [3.8, 4) is 0 Å². The van der Waals surface area contributed by atoms with Gasteiger partial charge in [-0.2, -0.15) is 8.42 Å². The third-order valence-corrected chi connectivity index (χ3v) is 4.94. The van der Waals surface area contributed by atoms with Gasteiger partial charge in [0, 0.05) is 12.3 Å². The molecule has 0 aliphatic heterocycles. The second-order valence-electron chi connectivity index (χ2n) is 6.79. The Hall–Kier alpha value is 0.750. The summed E-state index contributed by atoms with van der Waals surface area (Å²) >= 11 is 5.30. The zero-order chi connectivity index (χ0) is 21.0. The average molecular weight is 773 g/mol. The van der Waals surface area contributed by atoms with Crippen LogP contribution in [0.5, 0.6) is 0 Å². The maximum absolute atomic E-state index is 10.5. The van der Waals surface area contributed by atoms with Gasteiger partial charge in [0.15, 0.2) is 0 Å². The first-order valence-electron chi connectivity index (χ1n) is 8.61. The number of ketones is 1. The predicted molar refractivity (Wildman–Crippen MR) is 134 cm³/mol. The summed E-state index contributed by atoms with van der Waals surface area (Å²) in [5, 5.41) is 14.7. The van der Waals surface area contributed by atoms with Crippen LogP contribution in [0.3, 0.4) is 0 Å². The molecule has 0 bridgehead atoms. The molecule has 0 aromatic heterocycles. The number of rotatable bonds is 2. The number of nitrogens with zero attached hydrogens (tertiary/aromatic N) is 2. The van der Waals surface area contributed by atoms with Crippen LogP contribution >= 0.6 is 37.2 Å². The third-order valence-electron chi connectivity index (χ3n) is 4.60. The minimum atomic E-state index is -3.41. The van der Waals surface area contributed by atoms with Gasteiger partial charge < -0.3 is 5.21 Å². The maximum atomic E-state index is 10.5. The number of hydrogen-bond donors (Lipinski definition) is 1. The molecule has 1 N–H and O–H groups in total. The van der Waals surface area contributed by atoms with Crippen LogP contribution in [0.2, 0.25) is 0 Å². The molecule has 0 radical (unpaired) electrons. The molecular formula is C18H36I3N2O5S-. The molecule has 29 heavy (non-hydrogen) atoms. The molecular weight excluding hydrogens is 737 g/mol. The van der Waals surface area contributed by atoms with E-state index in [2.05, 4.69) is 58.8 Å². The van der Waals surface area contributed by atoms with E-state index in [1.165, 1.54) is 6.42 Å². The SMILES string of the molecule is C.C.CC1CC/C1=N\O.CC1CC/C1=N\OS(C)(=O)=O.CC1CCC1=O.I[I-]I. The molecule has 0 saturated heterocycles. The van der Waals surface area contributed by atoms with Crippen LogP contribution < -0.4 is 13.3 Å². The third kappa shape index (κ3) is 16.1. The van der Waals surface area contributed by atoms with Crippen molar-refractivity contribution < 1.29 is 36.0 Å². The Kier molecular flexibility index (Phi) is 21.7. The van der Waals surface area contributed by atoms with Crippen LogP contribution in [-0.4, -0.2) is 37.1 Å². The first-order valence-corrected chi connectivity index (χ1v) is 23.0. The van der Waals surface area contributed by atoms with Crippen LogP contribution in [-0.2, 0) is 19.2 Å². The van der Waals surface area contributed by atoms with E-state index in [0.29, 0.717) is 36.8 Å². The summed E-state index contributed by atoms with van der Waals surface area (Å²) in [7, 11) is -3.41. The van der Waals surface area contributed by atoms with Gasteiger partial charge in [0.25, 0.3) is 0 Å². The van der Waals surface area contributed by atoms with Crippen molar-refractivity contribution in [1.82, 2.24) is 0 Å². The van der Waals surface area contributed by atoms with E-state index in [0.717, 1.165) is 49.8 Å². The predicted octanol–water partition coefficient (Wildman–Crippen LogP) is 3.03. The van der Waals surface area contributed by atoms with Crippen LogP contribution in [0.15, 0.2) is 10.3 Å². The Labute approximate surface area is 207 Å². The fraction of sp³-hybridized carbons (Fsp3) is 0.833. The van der Waals surface area contributed by atoms with E-state index in [9.17, 15) is 13.2 Å². The van der Waals surface area contributed by atoms with E-state index >= 15 is 0 Å². The molecule has 3 unspecified atom stereocenters. The van der Waals surface area contributed by atoms with E-state index in [1.807, 2.05) is 13.8 Å². The van der Waals surface area contributed by atoms with Crippen LogP contribution in [0.25, 0.3) is 0 Å². The molecule has 3 saturated carbocycles. The van der Waals surface area contributed by atoms with Crippen molar-refractivity contribution in [3.05, 3.63) is 0 Å². The Morgan fingerprint density at radius 1 is 0.966 bits per heavy atom. The minimum absolute atomic E-state index is 0. The number of oxime groups is 2. The molecule has 3 fully saturated rings. The summed E-state index contributed by atoms with van der Waals surface area (Å²) in [5.41, 5.74) is 1.80. The van der Waals surface area contributed by atoms with Gasteiger partial charge in [-0.15, -0.1) is 0 Å². The average Bonchev–Trinajstić information content (AvgIpc) is 2.58. The van der Waals surface area contributed by atoms with Crippen molar-refractivity contribution in [1.29, 1.82) is 0 Å². The number of carbonyl (C=O) groups excluding carboxylic acids is 1. The van der Waals surface area contributed by atoms with Crippen LogP contribution in [0.4, 0.5) is 0 Å². The van der Waals surface area contributed by atoms with Gasteiger partial charge in [-0.25, -0.2) is 0 Å². The van der Waals surface area contributed by atoms with Crippen molar-refractivity contribution in [3.63, 3.8) is 0 Å².